The van der Waals surface area contributed by atoms with Crippen molar-refractivity contribution in [3.8, 4) is 5.75 Å². The van der Waals surface area contributed by atoms with Crippen molar-refractivity contribution in [3.63, 3.8) is 0 Å². The molecule has 6 heteroatoms. The SMILES string of the molecule is CCOc1cccc2cc(C(=O)NN)oc12.Sc1ccccc1. The second kappa shape index (κ2) is 8.26. The minimum Gasteiger partial charge on any atom is -0.490 e. The summed E-state index contributed by atoms with van der Waals surface area (Å²) in [5, 5.41) is 0.810. The van der Waals surface area contributed by atoms with Gasteiger partial charge in [0.15, 0.2) is 17.1 Å². The average molecular weight is 330 g/mol. The molecule has 0 aliphatic carbocycles. The lowest BCUT2D eigenvalue weighted by atomic mass is 10.2. The van der Waals surface area contributed by atoms with Gasteiger partial charge >= 0.3 is 5.91 Å². The van der Waals surface area contributed by atoms with Crippen LogP contribution in [0, 0.1) is 0 Å². The molecule has 0 bridgehead atoms. The van der Waals surface area contributed by atoms with Gasteiger partial charge in [0.1, 0.15) is 0 Å². The molecule has 0 atom stereocenters. The maximum absolute atomic E-state index is 11.3. The van der Waals surface area contributed by atoms with Crippen LogP contribution in [0.5, 0.6) is 5.75 Å². The summed E-state index contributed by atoms with van der Waals surface area (Å²) in [7, 11) is 0. The number of thiol groups is 1. The van der Waals surface area contributed by atoms with Gasteiger partial charge in [-0.3, -0.25) is 10.2 Å². The van der Waals surface area contributed by atoms with Crippen molar-refractivity contribution in [1.82, 2.24) is 5.43 Å². The Hall–Kier alpha value is -2.44. The largest absolute Gasteiger partial charge is 0.490 e. The first kappa shape index (κ1) is 16.9. The summed E-state index contributed by atoms with van der Waals surface area (Å²) in [6.45, 7) is 2.42. The molecule has 0 unspecified atom stereocenters. The van der Waals surface area contributed by atoms with Gasteiger partial charge in [0, 0.05) is 10.3 Å². The molecule has 3 N–H and O–H groups in total. The average Bonchev–Trinajstić information content (AvgIpc) is 3.01. The molecule has 120 valence electrons. The Balaban J connectivity index is 0.000000229. The molecule has 0 spiro atoms. The van der Waals surface area contributed by atoms with Gasteiger partial charge in [0.05, 0.1) is 6.61 Å². The Morgan fingerprint density at radius 2 is 1.96 bits per heavy atom. The maximum Gasteiger partial charge on any atom is 0.300 e. The van der Waals surface area contributed by atoms with Crippen LogP contribution in [-0.4, -0.2) is 12.5 Å². The van der Waals surface area contributed by atoms with Gasteiger partial charge in [-0.05, 0) is 31.2 Å². The summed E-state index contributed by atoms with van der Waals surface area (Å²) in [5.74, 6) is 5.36. The van der Waals surface area contributed by atoms with E-state index in [4.69, 9.17) is 15.0 Å². The van der Waals surface area contributed by atoms with Crippen molar-refractivity contribution in [1.29, 1.82) is 0 Å². The van der Waals surface area contributed by atoms with Crippen LogP contribution < -0.4 is 16.0 Å². The van der Waals surface area contributed by atoms with Crippen LogP contribution in [0.2, 0.25) is 0 Å². The smallest absolute Gasteiger partial charge is 0.300 e. The van der Waals surface area contributed by atoms with E-state index in [1.54, 1.807) is 12.1 Å². The Labute approximate surface area is 139 Å². The zero-order valence-corrected chi connectivity index (χ0v) is 13.5. The second-order valence-corrected chi connectivity index (χ2v) is 5.04. The molecule has 3 rings (SSSR count). The minimum atomic E-state index is -0.460. The molecule has 3 aromatic rings. The number of nitrogen functional groups attached to an aromatic ring is 1. The summed E-state index contributed by atoms with van der Waals surface area (Å²) < 4.78 is 10.8. The fourth-order valence-corrected chi connectivity index (χ4v) is 2.09. The maximum atomic E-state index is 11.3. The highest BCUT2D eigenvalue weighted by atomic mass is 32.1. The predicted octanol–water partition coefficient (Wildman–Crippen LogP) is 3.41. The fraction of sp³-hybridized carbons (Fsp3) is 0.118. The van der Waals surface area contributed by atoms with E-state index in [1.165, 1.54) is 0 Å². The number of para-hydroxylation sites is 1. The van der Waals surface area contributed by atoms with Crippen LogP contribution in [0.15, 0.2) is 63.9 Å². The molecule has 1 heterocycles. The van der Waals surface area contributed by atoms with E-state index >= 15 is 0 Å². The van der Waals surface area contributed by atoms with E-state index in [-0.39, 0.29) is 5.76 Å². The first-order chi connectivity index (χ1) is 11.2. The molecule has 2 aromatic carbocycles. The van der Waals surface area contributed by atoms with Crippen molar-refractivity contribution in [2.24, 2.45) is 5.84 Å². The Morgan fingerprint density at radius 1 is 1.22 bits per heavy atom. The molecule has 0 aliphatic heterocycles. The van der Waals surface area contributed by atoms with E-state index in [1.807, 2.05) is 54.8 Å². The Kier molecular flexibility index (Phi) is 6.08. The molecule has 0 aliphatic rings. The van der Waals surface area contributed by atoms with Gasteiger partial charge in [-0.15, -0.1) is 12.6 Å². The highest BCUT2D eigenvalue weighted by Crippen LogP contribution is 2.28. The van der Waals surface area contributed by atoms with Gasteiger partial charge < -0.3 is 9.15 Å². The Bertz CT molecular complexity index is 772. The standard InChI is InChI=1S/C11H12N2O3.C6H6S/c1-2-15-8-5-3-4-7-6-9(11(14)13-12)16-10(7)8;7-6-4-2-1-3-5-6/h3-6H,2,12H2,1H3,(H,13,14);1-5,7H. The first-order valence-electron chi connectivity index (χ1n) is 7.06. The van der Waals surface area contributed by atoms with E-state index in [2.05, 4.69) is 12.6 Å². The van der Waals surface area contributed by atoms with Crippen molar-refractivity contribution in [2.75, 3.05) is 6.61 Å². The van der Waals surface area contributed by atoms with Crippen molar-refractivity contribution < 1.29 is 13.9 Å². The number of fused-ring (bicyclic) bond motifs is 1. The van der Waals surface area contributed by atoms with Crippen LogP contribution in [0.4, 0.5) is 0 Å². The Morgan fingerprint density at radius 3 is 2.52 bits per heavy atom. The third kappa shape index (κ3) is 4.51. The number of furan rings is 1. The topological polar surface area (TPSA) is 77.5 Å². The number of benzene rings is 2. The number of ether oxygens (including phenoxy) is 1. The van der Waals surface area contributed by atoms with Crippen LogP contribution in [0.25, 0.3) is 11.0 Å². The molecule has 23 heavy (non-hydrogen) atoms. The summed E-state index contributed by atoms with van der Waals surface area (Å²) >= 11 is 4.08. The van der Waals surface area contributed by atoms with Gasteiger partial charge in [-0.25, -0.2) is 5.84 Å². The van der Waals surface area contributed by atoms with Gasteiger partial charge in [-0.1, -0.05) is 30.3 Å². The number of nitrogens with one attached hydrogen (secondary N) is 1. The van der Waals surface area contributed by atoms with Crippen LogP contribution in [-0.2, 0) is 0 Å². The second-order valence-electron chi connectivity index (χ2n) is 4.53. The van der Waals surface area contributed by atoms with E-state index in [9.17, 15) is 4.79 Å². The number of hydrogen-bond donors (Lipinski definition) is 3. The summed E-state index contributed by atoms with van der Waals surface area (Å²) in [4.78, 5) is 12.3. The lowest BCUT2D eigenvalue weighted by Gasteiger charge is -2.02. The zero-order chi connectivity index (χ0) is 16.7. The van der Waals surface area contributed by atoms with Crippen LogP contribution in [0.3, 0.4) is 0 Å². The molecule has 0 saturated carbocycles. The molecule has 1 amide bonds. The van der Waals surface area contributed by atoms with Crippen molar-refractivity contribution in [2.45, 2.75) is 11.8 Å². The van der Waals surface area contributed by atoms with Gasteiger partial charge in [0.25, 0.3) is 0 Å². The minimum absolute atomic E-state index is 0.171. The lowest BCUT2D eigenvalue weighted by molar-refractivity contribution is 0.0928. The molecule has 0 saturated heterocycles. The molecular formula is C17H18N2O3S. The number of hydrazine groups is 1. The summed E-state index contributed by atoms with van der Waals surface area (Å²) in [6, 6.07) is 16.9. The number of rotatable bonds is 3. The summed E-state index contributed by atoms with van der Waals surface area (Å²) in [6.07, 6.45) is 0. The molecular weight excluding hydrogens is 312 g/mol. The normalized spacial score (nSPS) is 9.87. The lowest BCUT2D eigenvalue weighted by Crippen LogP contribution is -2.29. The molecule has 0 radical (unpaired) electrons. The van der Waals surface area contributed by atoms with Crippen molar-refractivity contribution >= 4 is 29.5 Å². The number of hydrogen-bond acceptors (Lipinski definition) is 5. The van der Waals surface area contributed by atoms with E-state index < -0.39 is 5.91 Å². The fourth-order valence-electron chi connectivity index (χ4n) is 1.92. The number of nitrogens with two attached hydrogens (primary N) is 1. The van der Waals surface area contributed by atoms with E-state index in [0.717, 1.165) is 10.3 Å². The molecule has 1 aromatic heterocycles. The third-order valence-electron chi connectivity index (χ3n) is 2.92. The number of carbonyl (C=O) groups excluding carboxylic acids is 1. The molecule has 5 nitrogen and oxygen atoms in total. The third-order valence-corrected chi connectivity index (χ3v) is 3.22. The highest BCUT2D eigenvalue weighted by molar-refractivity contribution is 7.80. The van der Waals surface area contributed by atoms with Crippen molar-refractivity contribution in [3.05, 3.63) is 60.4 Å². The van der Waals surface area contributed by atoms with Crippen LogP contribution in [0.1, 0.15) is 17.5 Å². The predicted molar refractivity (Wildman–Crippen MR) is 92.7 cm³/mol. The highest BCUT2D eigenvalue weighted by Gasteiger charge is 2.13. The van der Waals surface area contributed by atoms with Gasteiger partial charge in [0.2, 0.25) is 0 Å². The van der Waals surface area contributed by atoms with E-state index in [0.29, 0.717) is 17.9 Å². The quantitative estimate of drug-likeness (QED) is 0.298. The number of amides is 1. The summed E-state index contributed by atoms with van der Waals surface area (Å²) in [5.41, 5.74) is 2.58. The number of carbonyl (C=O) groups is 1. The molecule has 0 fully saturated rings. The van der Waals surface area contributed by atoms with Gasteiger partial charge in [-0.2, -0.15) is 0 Å². The monoisotopic (exact) mass is 330 g/mol. The van der Waals surface area contributed by atoms with Crippen LogP contribution >= 0.6 is 12.6 Å². The first-order valence-corrected chi connectivity index (χ1v) is 7.50. The zero-order valence-electron chi connectivity index (χ0n) is 12.7.